The molecule has 0 aliphatic rings. The summed E-state index contributed by atoms with van der Waals surface area (Å²) < 4.78 is 1.72. The van der Waals surface area contributed by atoms with E-state index in [9.17, 15) is 0 Å². The predicted octanol–water partition coefficient (Wildman–Crippen LogP) is 0.225. The number of thioether (sulfide) groups is 1. The Labute approximate surface area is 115 Å². The Bertz CT molecular complexity index is 527. The van der Waals surface area contributed by atoms with Gasteiger partial charge in [-0.1, -0.05) is 0 Å². The Morgan fingerprint density at radius 1 is 1.26 bits per heavy atom. The summed E-state index contributed by atoms with van der Waals surface area (Å²) in [5.74, 6) is 0. The Hall–Kier alpha value is -1.38. The summed E-state index contributed by atoms with van der Waals surface area (Å²) in [5, 5.41) is 18.8. The minimum Gasteiger partial charge on any atom is -0.396 e. The van der Waals surface area contributed by atoms with Crippen LogP contribution in [0.5, 0.6) is 0 Å². The standard InChI is InChI=1S/C11H17N5O2S/c1-19-11-9-10(12-6-13-11)16(7-14-9)15-8(2-4-17)3-5-18/h6-8,15,17-18H,2-5H2,1H3. The smallest absolute Gasteiger partial charge is 0.183 e. The third-order valence-corrected chi connectivity index (χ3v) is 3.46. The van der Waals surface area contributed by atoms with Crippen molar-refractivity contribution in [3.8, 4) is 0 Å². The van der Waals surface area contributed by atoms with Crippen LogP contribution in [0.2, 0.25) is 0 Å². The number of imidazole rings is 1. The van der Waals surface area contributed by atoms with E-state index < -0.39 is 0 Å². The van der Waals surface area contributed by atoms with Crippen molar-refractivity contribution in [1.29, 1.82) is 0 Å². The molecule has 0 atom stereocenters. The van der Waals surface area contributed by atoms with E-state index in [1.165, 1.54) is 18.1 Å². The van der Waals surface area contributed by atoms with Crippen LogP contribution in [-0.4, -0.2) is 55.4 Å². The first-order chi connectivity index (χ1) is 9.30. The van der Waals surface area contributed by atoms with Gasteiger partial charge < -0.3 is 15.6 Å². The Kier molecular flexibility index (Phi) is 4.94. The third-order valence-electron chi connectivity index (χ3n) is 2.77. The van der Waals surface area contributed by atoms with E-state index in [2.05, 4.69) is 20.4 Å². The molecule has 0 aromatic carbocycles. The highest BCUT2D eigenvalue weighted by Crippen LogP contribution is 2.20. The van der Waals surface area contributed by atoms with E-state index in [1.807, 2.05) is 6.26 Å². The van der Waals surface area contributed by atoms with Gasteiger partial charge in [-0.15, -0.1) is 11.8 Å². The van der Waals surface area contributed by atoms with Crippen LogP contribution in [0.4, 0.5) is 0 Å². The highest BCUT2D eigenvalue weighted by atomic mass is 32.2. The molecule has 104 valence electrons. The van der Waals surface area contributed by atoms with Gasteiger partial charge in [0.25, 0.3) is 0 Å². The maximum absolute atomic E-state index is 9.01. The van der Waals surface area contributed by atoms with Crippen molar-refractivity contribution < 1.29 is 10.2 Å². The molecule has 0 aliphatic carbocycles. The first-order valence-corrected chi connectivity index (χ1v) is 7.23. The molecule has 0 amide bonds. The second-order valence-electron chi connectivity index (χ2n) is 4.02. The maximum Gasteiger partial charge on any atom is 0.183 e. The fraction of sp³-hybridized carbons (Fsp3) is 0.545. The lowest BCUT2D eigenvalue weighted by atomic mass is 10.2. The van der Waals surface area contributed by atoms with Crippen molar-refractivity contribution >= 4 is 22.9 Å². The van der Waals surface area contributed by atoms with Crippen LogP contribution in [0.25, 0.3) is 11.2 Å². The number of nitrogens with zero attached hydrogens (tertiary/aromatic N) is 4. The average molecular weight is 283 g/mol. The van der Waals surface area contributed by atoms with Crippen molar-refractivity contribution in [2.75, 3.05) is 24.9 Å². The van der Waals surface area contributed by atoms with Crippen LogP contribution in [0, 0.1) is 0 Å². The van der Waals surface area contributed by atoms with E-state index in [0.717, 1.165) is 10.5 Å². The van der Waals surface area contributed by atoms with E-state index >= 15 is 0 Å². The summed E-state index contributed by atoms with van der Waals surface area (Å²) in [4.78, 5) is 12.7. The second kappa shape index (κ2) is 6.69. The highest BCUT2D eigenvalue weighted by molar-refractivity contribution is 7.98. The minimum atomic E-state index is -0.0277. The van der Waals surface area contributed by atoms with Gasteiger partial charge in [-0.2, -0.15) is 0 Å². The van der Waals surface area contributed by atoms with Crippen LogP contribution >= 0.6 is 11.8 Å². The SMILES string of the molecule is CSc1ncnc2c1ncn2NC(CCO)CCO. The molecule has 7 nitrogen and oxygen atoms in total. The summed E-state index contributed by atoms with van der Waals surface area (Å²) >= 11 is 1.52. The van der Waals surface area contributed by atoms with Crippen LogP contribution < -0.4 is 5.43 Å². The van der Waals surface area contributed by atoms with Gasteiger partial charge in [-0.05, 0) is 19.1 Å². The first kappa shape index (κ1) is 14.0. The number of aliphatic hydroxyl groups is 2. The van der Waals surface area contributed by atoms with Crippen LogP contribution in [-0.2, 0) is 0 Å². The average Bonchev–Trinajstić information content (AvgIpc) is 2.82. The van der Waals surface area contributed by atoms with Crippen molar-refractivity contribution in [2.24, 2.45) is 0 Å². The molecule has 0 fully saturated rings. The van der Waals surface area contributed by atoms with Gasteiger partial charge in [0.1, 0.15) is 23.2 Å². The second-order valence-corrected chi connectivity index (χ2v) is 4.82. The summed E-state index contributed by atoms with van der Waals surface area (Å²) in [6.45, 7) is 0.130. The van der Waals surface area contributed by atoms with E-state index in [1.54, 1.807) is 11.0 Å². The topological polar surface area (TPSA) is 96.1 Å². The largest absolute Gasteiger partial charge is 0.396 e. The highest BCUT2D eigenvalue weighted by Gasteiger charge is 2.12. The Balaban J connectivity index is 2.25. The molecule has 0 saturated heterocycles. The van der Waals surface area contributed by atoms with Crippen molar-refractivity contribution in [3.63, 3.8) is 0 Å². The third kappa shape index (κ3) is 3.14. The minimum absolute atomic E-state index is 0.0277. The molecule has 2 aromatic rings. The normalized spacial score (nSPS) is 11.4. The molecule has 0 unspecified atom stereocenters. The molecule has 2 heterocycles. The lowest BCUT2D eigenvalue weighted by Gasteiger charge is -2.18. The molecular weight excluding hydrogens is 266 g/mol. The monoisotopic (exact) mass is 283 g/mol. The van der Waals surface area contributed by atoms with Gasteiger partial charge in [-0.25, -0.2) is 19.6 Å². The lowest BCUT2D eigenvalue weighted by Crippen LogP contribution is -2.29. The number of nitrogens with one attached hydrogen (secondary N) is 1. The number of hydrogen-bond donors (Lipinski definition) is 3. The summed E-state index contributed by atoms with van der Waals surface area (Å²) in [6, 6.07) is -0.0277. The summed E-state index contributed by atoms with van der Waals surface area (Å²) in [5.41, 5.74) is 4.63. The molecule has 19 heavy (non-hydrogen) atoms. The predicted molar refractivity (Wildman–Crippen MR) is 73.7 cm³/mol. The van der Waals surface area contributed by atoms with Crippen molar-refractivity contribution in [2.45, 2.75) is 23.9 Å². The molecular formula is C11H17N5O2S. The molecule has 0 spiro atoms. The molecule has 0 saturated carbocycles. The zero-order chi connectivity index (χ0) is 13.7. The number of aromatic nitrogens is 4. The molecule has 2 rings (SSSR count). The van der Waals surface area contributed by atoms with Crippen LogP contribution in [0.1, 0.15) is 12.8 Å². The molecule has 0 radical (unpaired) electrons. The van der Waals surface area contributed by atoms with Gasteiger partial charge in [0.2, 0.25) is 0 Å². The van der Waals surface area contributed by atoms with Crippen molar-refractivity contribution in [1.82, 2.24) is 19.6 Å². The number of hydrogen-bond acceptors (Lipinski definition) is 7. The van der Waals surface area contributed by atoms with Crippen molar-refractivity contribution in [3.05, 3.63) is 12.7 Å². The van der Waals surface area contributed by atoms with E-state index in [4.69, 9.17) is 10.2 Å². The van der Waals surface area contributed by atoms with Gasteiger partial charge in [0.05, 0.1) is 0 Å². The maximum atomic E-state index is 9.01. The van der Waals surface area contributed by atoms with Gasteiger partial charge in [0, 0.05) is 19.3 Å². The molecule has 3 N–H and O–H groups in total. The van der Waals surface area contributed by atoms with Crippen LogP contribution in [0.3, 0.4) is 0 Å². The zero-order valence-electron chi connectivity index (χ0n) is 10.7. The molecule has 0 aliphatic heterocycles. The van der Waals surface area contributed by atoms with E-state index in [-0.39, 0.29) is 19.3 Å². The quantitative estimate of drug-likeness (QED) is 0.494. The number of fused-ring (bicyclic) bond motifs is 1. The Morgan fingerprint density at radius 2 is 2.00 bits per heavy atom. The first-order valence-electron chi connectivity index (χ1n) is 6.00. The fourth-order valence-corrected chi connectivity index (χ4v) is 2.33. The van der Waals surface area contributed by atoms with Crippen LogP contribution in [0.15, 0.2) is 17.7 Å². The van der Waals surface area contributed by atoms with Gasteiger partial charge >= 0.3 is 0 Å². The molecule has 2 aromatic heterocycles. The lowest BCUT2D eigenvalue weighted by molar-refractivity contribution is 0.244. The van der Waals surface area contributed by atoms with Gasteiger partial charge in [0.15, 0.2) is 5.65 Å². The summed E-state index contributed by atoms with van der Waals surface area (Å²) in [7, 11) is 0. The number of rotatable bonds is 7. The molecule has 8 heteroatoms. The zero-order valence-corrected chi connectivity index (χ0v) is 11.5. The summed E-state index contributed by atoms with van der Waals surface area (Å²) in [6.07, 6.45) is 6.19. The van der Waals surface area contributed by atoms with E-state index in [0.29, 0.717) is 18.5 Å². The Morgan fingerprint density at radius 3 is 2.63 bits per heavy atom. The fourth-order valence-electron chi connectivity index (χ4n) is 1.84. The number of aliphatic hydroxyl groups excluding tert-OH is 2. The van der Waals surface area contributed by atoms with Gasteiger partial charge in [-0.3, -0.25) is 0 Å². The molecule has 0 bridgehead atoms.